The Hall–Kier alpha value is -1.49. The van der Waals surface area contributed by atoms with Crippen molar-refractivity contribution in [2.75, 3.05) is 0 Å². The van der Waals surface area contributed by atoms with E-state index in [2.05, 4.69) is 17.4 Å². The van der Waals surface area contributed by atoms with Gasteiger partial charge in [0.25, 0.3) is 0 Å². The van der Waals surface area contributed by atoms with E-state index >= 15 is 0 Å². The highest BCUT2D eigenvalue weighted by Crippen LogP contribution is 2.06. The fourth-order valence-electron chi connectivity index (χ4n) is 1.80. The number of hydrogen-bond acceptors (Lipinski definition) is 4. The van der Waals surface area contributed by atoms with Crippen LogP contribution in [0.2, 0.25) is 0 Å². The molecule has 1 rings (SSSR count). The molecule has 17 heavy (non-hydrogen) atoms. The average Bonchev–Trinajstić information content (AvgIpc) is 2.78. The SMILES string of the molecule is CC(CCc1ccco1)NC(C)CC(N)=NO. The van der Waals surface area contributed by atoms with Crippen LogP contribution < -0.4 is 11.1 Å². The Morgan fingerprint density at radius 2 is 2.29 bits per heavy atom. The maximum Gasteiger partial charge on any atom is 0.140 e. The number of nitrogens with two attached hydrogens (primary N) is 1. The van der Waals surface area contributed by atoms with Gasteiger partial charge in [0.1, 0.15) is 11.6 Å². The lowest BCUT2D eigenvalue weighted by atomic mass is 10.1. The van der Waals surface area contributed by atoms with Crippen molar-refractivity contribution in [1.82, 2.24) is 5.32 Å². The van der Waals surface area contributed by atoms with E-state index in [1.165, 1.54) is 0 Å². The highest BCUT2D eigenvalue weighted by atomic mass is 16.4. The first-order valence-corrected chi connectivity index (χ1v) is 5.86. The molecule has 5 heteroatoms. The van der Waals surface area contributed by atoms with Gasteiger partial charge in [-0.3, -0.25) is 0 Å². The van der Waals surface area contributed by atoms with E-state index in [1.807, 2.05) is 19.1 Å². The predicted molar refractivity (Wildman–Crippen MR) is 67.1 cm³/mol. The smallest absolute Gasteiger partial charge is 0.140 e. The van der Waals surface area contributed by atoms with Crippen LogP contribution in [-0.4, -0.2) is 23.1 Å². The molecule has 0 saturated heterocycles. The molecule has 0 bridgehead atoms. The highest BCUT2D eigenvalue weighted by molar-refractivity contribution is 5.80. The van der Waals surface area contributed by atoms with Gasteiger partial charge in [-0.25, -0.2) is 0 Å². The molecule has 1 aromatic heterocycles. The third kappa shape index (κ3) is 5.40. The molecule has 2 unspecified atom stereocenters. The second-order valence-corrected chi connectivity index (χ2v) is 4.38. The first kappa shape index (κ1) is 13.6. The Morgan fingerprint density at radius 1 is 1.53 bits per heavy atom. The Kier molecular flexibility index (Phi) is 5.56. The van der Waals surface area contributed by atoms with Crippen molar-refractivity contribution in [3.8, 4) is 0 Å². The van der Waals surface area contributed by atoms with Gasteiger partial charge in [-0.05, 0) is 32.4 Å². The molecule has 96 valence electrons. The van der Waals surface area contributed by atoms with Gasteiger partial charge in [0.05, 0.1) is 6.26 Å². The second kappa shape index (κ2) is 6.96. The van der Waals surface area contributed by atoms with Crippen LogP contribution in [0.1, 0.15) is 32.4 Å². The van der Waals surface area contributed by atoms with Crippen molar-refractivity contribution in [3.63, 3.8) is 0 Å². The molecule has 4 N–H and O–H groups in total. The summed E-state index contributed by atoms with van der Waals surface area (Å²) in [7, 11) is 0. The van der Waals surface area contributed by atoms with E-state index in [9.17, 15) is 0 Å². The largest absolute Gasteiger partial charge is 0.469 e. The van der Waals surface area contributed by atoms with E-state index in [0.717, 1.165) is 18.6 Å². The lowest BCUT2D eigenvalue weighted by molar-refractivity contribution is 0.315. The van der Waals surface area contributed by atoms with Crippen molar-refractivity contribution in [3.05, 3.63) is 24.2 Å². The van der Waals surface area contributed by atoms with Crippen molar-refractivity contribution in [1.29, 1.82) is 0 Å². The van der Waals surface area contributed by atoms with Crippen LogP contribution >= 0.6 is 0 Å². The summed E-state index contributed by atoms with van der Waals surface area (Å²) in [5.41, 5.74) is 5.45. The van der Waals surface area contributed by atoms with Gasteiger partial charge in [0.15, 0.2) is 0 Å². The molecule has 0 radical (unpaired) electrons. The van der Waals surface area contributed by atoms with Crippen LogP contribution in [0.25, 0.3) is 0 Å². The van der Waals surface area contributed by atoms with Crippen LogP contribution in [0.3, 0.4) is 0 Å². The van der Waals surface area contributed by atoms with Crippen molar-refractivity contribution in [2.45, 2.75) is 45.2 Å². The van der Waals surface area contributed by atoms with Crippen molar-refractivity contribution >= 4 is 5.84 Å². The molecule has 0 fully saturated rings. The summed E-state index contributed by atoms with van der Waals surface area (Å²) in [4.78, 5) is 0. The van der Waals surface area contributed by atoms with Gasteiger partial charge in [-0.15, -0.1) is 0 Å². The molecular formula is C12H21N3O2. The zero-order chi connectivity index (χ0) is 12.7. The van der Waals surface area contributed by atoms with Crippen molar-refractivity contribution in [2.24, 2.45) is 10.9 Å². The highest BCUT2D eigenvalue weighted by Gasteiger charge is 2.09. The van der Waals surface area contributed by atoms with Crippen LogP contribution in [0.15, 0.2) is 28.0 Å². The Bertz CT molecular complexity index is 336. The number of rotatable bonds is 7. The van der Waals surface area contributed by atoms with Gasteiger partial charge < -0.3 is 20.7 Å². The van der Waals surface area contributed by atoms with E-state index < -0.39 is 0 Å². The number of amidine groups is 1. The normalized spacial score (nSPS) is 15.8. The molecule has 0 aliphatic heterocycles. The van der Waals surface area contributed by atoms with E-state index in [4.69, 9.17) is 15.4 Å². The summed E-state index contributed by atoms with van der Waals surface area (Å²) >= 11 is 0. The fourth-order valence-corrected chi connectivity index (χ4v) is 1.80. The van der Waals surface area contributed by atoms with Crippen molar-refractivity contribution < 1.29 is 9.62 Å². The minimum absolute atomic E-state index is 0.192. The zero-order valence-electron chi connectivity index (χ0n) is 10.4. The molecule has 1 aromatic rings. The molecule has 0 amide bonds. The van der Waals surface area contributed by atoms with Gasteiger partial charge in [-0.1, -0.05) is 5.16 Å². The lowest BCUT2D eigenvalue weighted by Crippen LogP contribution is -2.37. The van der Waals surface area contributed by atoms with Crippen LogP contribution in [-0.2, 0) is 6.42 Å². The van der Waals surface area contributed by atoms with Gasteiger partial charge in [-0.2, -0.15) is 0 Å². The van der Waals surface area contributed by atoms with E-state index in [1.54, 1.807) is 6.26 Å². The third-order valence-electron chi connectivity index (χ3n) is 2.62. The number of hydrogen-bond donors (Lipinski definition) is 3. The molecule has 1 heterocycles. The maximum atomic E-state index is 8.47. The number of nitrogens with one attached hydrogen (secondary N) is 1. The summed E-state index contributed by atoms with van der Waals surface area (Å²) < 4.78 is 5.27. The summed E-state index contributed by atoms with van der Waals surface area (Å²) in [5, 5.41) is 14.8. The van der Waals surface area contributed by atoms with Crippen LogP contribution in [0, 0.1) is 0 Å². The number of furan rings is 1. The number of aryl methyl sites for hydroxylation is 1. The molecule has 0 spiro atoms. The molecule has 5 nitrogen and oxygen atoms in total. The molecule has 0 aliphatic carbocycles. The topological polar surface area (TPSA) is 83.8 Å². The van der Waals surface area contributed by atoms with Gasteiger partial charge in [0.2, 0.25) is 0 Å². The monoisotopic (exact) mass is 239 g/mol. The van der Waals surface area contributed by atoms with Crippen LogP contribution in [0.5, 0.6) is 0 Å². The molecular weight excluding hydrogens is 218 g/mol. The molecule has 0 aliphatic rings. The fraction of sp³-hybridized carbons (Fsp3) is 0.583. The summed E-state index contributed by atoms with van der Waals surface area (Å²) in [5.74, 6) is 1.26. The first-order chi connectivity index (χ1) is 8.11. The zero-order valence-corrected chi connectivity index (χ0v) is 10.4. The summed E-state index contributed by atoms with van der Waals surface area (Å²) in [6.45, 7) is 4.13. The standard InChI is InChI=1S/C12H21N3O2/c1-9(5-6-11-4-3-7-17-11)14-10(2)8-12(13)15-16/h3-4,7,9-10,14,16H,5-6,8H2,1-2H3,(H2,13,15). The minimum atomic E-state index is 0.192. The van der Waals surface area contributed by atoms with E-state index in [-0.39, 0.29) is 11.9 Å². The maximum absolute atomic E-state index is 8.47. The minimum Gasteiger partial charge on any atom is -0.469 e. The Labute approximate surface area is 102 Å². The summed E-state index contributed by atoms with van der Waals surface area (Å²) in [6.07, 6.45) is 4.14. The first-order valence-electron chi connectivity index (χ1n) is 5.86. The Balaban J connectivity index is 2.22. The molecule has 0 saturated carbocycles. The van der Waals surface area contributed by atoms with Crippen LogP contribution in [0.4, 0.5) is 0 Å². The number of oxime groups is 1. The molecule has 0 aromatic carbocycles. The quantitative estimate of drug-likeness (QED) is 0.293. The lowest BCUT2D eigenvalue weighted by Gasteiger charge is -2.19. The second-order valence-electron chi connectivity index (χ2n) is 4.38. The molecule has 2 atom stereocenters. The van der Waals surface area contributed by atoms with E-state index in [0.29, 0.717) is 12.5 Å². The van der Waals surface area contributed by atoms with Gasteiger partial charge in [0, 0.05) is 24.9 Å². The summed E-state index contributed by atoms with van der Waals surface area (Å²) in [6, 6.07) is 4.43. The predicted octanol–water partition coefficient (Wildman–Crippen LogP) is 1.72. The number of nitrogens with zero attached hydrogens (tertiary/aromatic N) is 1. The van der Waals surface area contributed by atoms with Gasteiger partial charge >= 0.3 is 0 Å². The third-order valence-corrected chi connectivity index (χ3v) is 2.62. The average molecular weight is 239 g/mol. The Morgan fingerprint density at radius 3 is 2.88 bits per heavy atom.